The topological polar surface area (TPSA) is 55.6 Å². The van der Waals surface area contributed by atoms with Crippen molar-refractivity contribution in [3.05, 3.63) is 54.4 Å². The van der Waals surface area contributed by atoms with Crippen molar-refractivity contribution in [2.75, 3.05) is 13.1 Å². The fraction of sp³-hybridized carbons (Fsp3) is 0.353. The van der Waals surface area contributed by atoms with Crippen molar-refractivity contribution in [3.8, 4) is 0 Å². The van der Waals surface area contributed by atoms with E-state index in [0.717, 1.165) is 13.1 Å². The van der Waals surface area contributed by atoms with Crippen LogP contribution in [0.5, 0.6) is 0 Å². The Bertz CT molecular complexity index is 747. The van der Waals surface area contributed by atoms with E-state index in [2.05, 4.69) is 63.3 Å². The molecule has 0 bridgehead atoms. The lowest BCUT2D eigenvalue weighted by Crippen LogP contribution is -2.36. The van der Waals surface area contributed by atoms with Gasteiger partial charge in [0.05, 0.1) is 6.04 Å². The average Bonchev–Trinajstić information content (AvgIpc) is 3.10. The molecular formula is C17H19N5. The zero-order valence-electron chi connectivity index (χ0n) is 12.4. The largest absolute Gasteiger partial charge is 0.316 e. The molecule has 3 aromatic rings. The highest BCUT2D eigenvalue weighted by molar-refractivity contribution is 5.83. The van der Waals surface area contributed by atoms with Crippen LogP contribution in [0, 0.1) is 5.92 Å². The molecule has 1 aliphatic heterocycles. The van der Waals surface area contributed by atoms with Crippen LogP contribution in [0.2, 0.25) is 0 Å². The number of tetrazole rings is 1. The molecule has 5 nitrogen and oxygen atoms in total. The number of hydrogen-bond acceptors (Lipinski definition) is 4. The molecule has 22 heavy (non-hydrogen) atoms. The number of aromatic nitrogens is 4. The van der Waals surface area contributed by atoms with Gasteiger partial charge in [-0.15, -0.1) is 5.10 Å². The molecule has 2 aromatic carbocycles. The standard InChI is InChI=1S/C17H19N5/c1-2-5-14-10-15(8-7-13(14)4-1)17(22-12-19-20-21-22)16-6-3-9-18-11-16/h1-2,4-5,7-8,10,12,16-18H,3,6,9,11H2/t16-,17+/m1/s1. The number of piperidine rings is 1. The van der Waals surface area contributed by atoms with Gasteiger partial charge in [-0.3, -0.25) is 0 Å². The molecule has 2 atom stereocenters. The Hall–Kier alpha value is -2.27. The quantitative estimate of drug-likeness (QED) is 0.806. The highest BCUT2D eigenvalue weighted by Gasteiger charge is 2.27. The van der Waals surface area contributed by atoms with Crippen LogP contribution in [-0.2, 0) is 0 Å². The maximum Gasteiger partial charge on any atom is 0.138 e. The first-order chi connectivity index (χ1) is 10.9. The van der Waals surface area contributed by atoms with Gasteiger partial charge in [0.1, 0.15) is 6.33 Å². The van der Waals surface area contributed by atoms with E-state index in [-0.39, 0.29) is 6.04 Å². The third kappa shape index (κ3) is 2.48. The highest BCUT2D eigenvalue weighted by atomic mass is 15.5. The zero-order valence-corrected chi connectivity index (χ0v) is 12.4. The van der Waals surface area contributed by atoms with Crippen molar-refractivity contribution in [1.82, 2.24) is 25.5 Å². The maximum absolute atomic E-state index is 4.18. The Morgan fingerprint density at radius 3 is 2.82 bits per heavy atom. The summed E-state index contributed by atoms with van der Waals surface area (Å²) in [6, 6.07) is 15.3. The predicted molar refractivity (Wildman–Crippen MR) is 85.5 cm³/mol. The van der Waals surface area contributed by atoms with Gasteiger partial charge in [0.15, 0.2) is 0 Å². The molecule has 0 unspecified atom stereocenters. The van der Waals surface area contributed by atoms with Gasteiger partial charge < -0.3 is 5.32 Å². The van der Waals surface area contributed by atoms with Crippen LogP contribution in [0.1, 0.15) is 24.4 Å². The van der Waals surface area contributed by atoms with Gasteiger partial charge >= 0.3 is 0 Å². The van der Waals surface area contributed by atoms with Gasteiger partial charge in [-0.2, -0.15) is 0 Å². The van der Waals surface area contributed by atoms with Crippen molar-refractivity contribution in [2.45, 2.75) is 18.9 Å². The van der Waals surface area contributed by atoms with Crippen LogP contribution in [-0.4, -0.2) is 33.3 Å². The van der Waals surface area contributed by atoms with E-state index in [4.69, 9.17) is 0 Å². The number of benzene rings is 2. The first-order valence-electron chi connectivity index (χ1n) is 7.84. The minimum atomic E-state index is 0.187. The summed E-state index contributed by atoms with van der Waals surface area (Å²) < 4.78 is 1.90. The summed E-state index contributed by atoms with van der Waals surface area (Å²) in [6.45, 7) is 2.12. The predicted octanol–water partition coefficient (Wildman–Crippen LogP) is 2.42. The monoisotopic (exact) mass is 293 g/mol. The lowest BCUT2D eigenvalue weighted by molar-refractivity contribution is 0.279. The van der Waals surface area contributed by atoms with Gasteiger partial charge in [0, 0.05) is 6.54 Å². The lowest BCUT2D eigenvalue weighted by atomic mass is 9.86. The minimum Gasteiger partial charge on any atom is -0.316 e. The maximum atomic E-state index is 4.18. The summed E-state index contributed by atoms with van der Waals surface area (Å²) in [7, 11) is 0. The second-order valence-electron chi connectivity index (χ2n) is 5.95. The Balaban J connectivity index is 1.78. The Kier molecular flexibility index (Phi) is 3.56. The Morgan fingerprint density at radius 2 is 2.05 bits per heavy atom. The van der Waals surface area contributed by atoms with Crippen LogP contribution >= 0.6 is 0 Å². The van der Waals surface area contributed by atoms with E-state index in [0.29, 0.717) is 5.92 Å². The summed E-state index contributed by atoms with van der Waals surface area (Å²) >= 11 is 0. The van der Waals surface area contributed by atoms with Crippen molar-refractivity contribution < 1.29 is 0 Å². The molecule has 0 saturated carbocycles. The molecule has 0 aliphatic carbocycles. The van der Waals surface area contributed by atoms with E-state index in [1.165, 1.54) is 29.2 Å². The van der Waals surface area contributed by atoms with E-state index in [1.807, 2.05) is 4.68 Å². The van der Waals surface area contributed by atoms with Crippen LogP contribution in [0.4, 0.5) is 0 Å². The third-order valence-electron chi connectivity index (χ3n) is 4.55. The summed E-state index contributed by atoms with van der Waals surface area (Å²) in [5, 5.41) is 17.9. The first-order valence-corrected chi connectivity index (χ1v) is 7.84. The van der Waals surface area contributed by atoms with Gasteiger partial charge in [-0.25, -0.2) is 4.68 Å². The van der Waals surface area contributed by atoms with Crippen LogP contribution in [0.3, 0.4) is 0 Å². The summed E-state index contributed by atoms with van der Waals surface area (Å²) in [4.78, 5) is 0. The Labute approximate surface area is 129 Å². The molecule has 0 spiro atoms. The van der Waals surface area contributed by atoms with E-state index in [9.17, 15) is 0 Å². The molecule has 1 aliphatic rings. The first kappa shape index (κ1) is 13.4. The molecule has 5 heteroatoms. The molecular weight excluding hydrogens is 274 g/mol. The van der Waals surface area contributed by atoms with E-state index < -0.39 is 0 Å². The number of hydrogen-bond donors (Lipinski definition) is 1. The lowest BCUT2D eigenvalue weighted by Gasteiger charge is -2.30. The molecule has 1 N–H and O–H groups in total. The van der Waals surface area contributed by atoms with Crippen molar-refractivity contribution in [2.24, 2.45) is 5.92 Å². The molecule has 1 fully saturated rings. The van der Waals surface area contributed by atoms with Crippen molar-refractivity contribution in [3.63, 3.8) is 0 Å². The van der Waals surface area contributed by atoms with Crippen molar-refractivity contribution in [1.29, 1.82) is 0 Å². The third-order valence-corrected chi connectivity index (χ3v) is 4.55. The van der Waals surface area contributed by atoms with Gasteiger partial charge in [-0.05, 0) is 58.1 Å². The van der Waals surface area contributed by atoms with Gasteiger partial charge in [-0.1, -0.05) is 36.4 Å². The SMILES string of the molecule is c1ccc2cc([C@@H]([C@@H]3CCCNC3)n3cnnn3)ccc2c1. The minimum absolute atomic E-state index is 0.187. The fourth-order valence-corrected chi connectivity index (χ4v) is 3.48. The van der Waals surface area contributed by atoms with Crippen molar-refractivity contribution >= 4 is 10.8 Å². The molecule has 112 valence electrons. The summed E-state index contributed by atoms with van der Waals surface area (Å²) in [5.41, 5.74) is 1.28. The Morgan fingerprint density at radius 1 is 1.14 bits per heavy atom. The molecule has 0 radical (unpaired) electrons. The summed E-state index contributed by atoms with van der Waals surface area (Å²) in [5.74, 6) is 0.512. The van der Waals surface area contributed by atoms with Crippen LogP contribution < -0.4 is 5.32 Å². The van der Waals surface area contributed by atoms with Gasteiger partial charge in [0.25, 0.3) is 0 Å². The fourth-order valence-electron chi connectivity index (χ4n) is 3.48. The second kappa shape index (κ2) is 5.85. The van der Waals surface area contributed by atoms with Gasteiger partial charge in [0.2, 0.25) is 0 Å². The second-order valence-corrected chi connectivity index (χ2v) is 5.95. The van der Waals surface area contributed by atoms with Crippen LogP contribution in [0.15, 0.2) is 48.8 Å². The summed E-state index contributed by atoms with van der Waals surface area (Å²) in [6.07, 6.45) is 4.13. The molecule has 0 amide bonds. The van der Waals surface area contributed by atoms with E-state index >= 15 is 0 Å². The van der Waals surface area contributed by atoms with Crippen LogP contribution in [0.25, 0.3) is 10.8 Å². The zero-order chi connectivity index (χ0) is 14.8. The molecule has 1 aromatic heterocycles. The average molecular weight is 293 g/mol. The smallest absolute Gasteiger partial charge is 0.138 e. The molecule has 1 saturated heterocycles. The van der Waals surface area contributed by atoms with E-state index in [1.54, 1.807) is 6.33 Å². The number of nitrogens with one attached hydrogen (secondary N) is 1. The molecule has 2 heterocycles. The number of nitrogens with zero attached hydrogens (tertiary/aromatic N) is 4. The number of fused-ring (bicyclic) bond motifs is 1. The number of rotatable bonds is 3. The molecule has 4 rings (SSSR count). The normalized spacial score (nSPS) is 20.1. The highest BCUT2D eigenvalue weighted by Crippen LogP contribution is 2.32.